The number of amides is 2. The van der Waals surface area contributed by atoms with E-state index < -0.39 is 5.91 Å². The highest BCUT2D eigenvalue weighted by Gasteiger charge is 2.15. The first kappa shape index (κ1) is 20.3. The van der Waals surface area contributed by atoms with Crippen LogP contribution < -0.4 is 10.6 Å². The smallest absolute Gasteiger partial charge is 0.267 e. The van der Waals surface area contributed by atoms with E-state index >= 15 is 0 Å². The van der Waals surface area contributed by atoms with Gasteiger partial charge in [0.15, 0.2) is 0 Å². The molecule has 2 amide bonds. The first-order chi connectivity index (χ1) is 15.2. The van der Waals surface area contributed by atoms with E-state index in [0.29, 0.717) is 5.56 Å². The van der Waals surface area contributed by atoms with Gasteiger partial charge in [0.1, 0.15) is 5.70 Å². The number of hydrogen-bond donors (Lipinski definition) is 3. The Kier molecular flexibility index (Phi) is 6.05. The summed E-state index contributed by atoms with van der Waals surface area (Å²) in [6, 6.07) is 26.7. The number of carbonyl (C=O) groups excluding carboxylic acids is 2. The molecule has 0 unspecified atom stereocenters. The second kappa shape index (κ2) is 9.24. The predicted molar refractivity (Wildman–Crippen MR) is 123 cm³/mol. The number of hydrogen-bond acceptors (Lipinski definition) is 3. The average Bonchev–Trinajstić information content (AvgIpc) is 2.82. The van der Waals surface area contributed by atoms with Gasteiger partial charge in [0.05, 0.1) is 6.61 Å². The van der Waals surface area contributed by atoms with Gasteiger partial charge in [-0.25, -0.2) is 0 Å². The second-order valence-electron chi connectivity index (χ2n) is 7.09. The summed E-state index contributed by atoms with van der Waals surface area (Å²) >= 11 is 0. The summed E-state index contributed by atoms with van der Waals surface area (Å²) in [6.45, 7) is -0.0968. The van der Waals surface area contributed by atoms with Crippen LogP contribution in [0.4, 0.5) is 0 Å². The zero-order valence-electron chi connectivity index (χ0n) is 16.8. The van der Waals surface area contributed by atoms with Crippen molar-refractivity contribution in [3.05, 3.63) is 102 Å². The van der Waals surface area contributed by atoms with Gasteiger partial charge in [-0.3, -0.25) is 9.59 Å². The van der Waals surface area contributed by atoms with Crippen LogP contribution in [-0.4, -0.2) is 30.1 Å². The lowest BCUT2D eigenvalue weighted by molar-refractivity contribution is -0.117. The quantitative estimate of drug-likeness (QED) is 0.334. The van der Waals surface area contributed by atoms with E-state index in [2.05, 4.69) is 16.7 Å². The van der Waals surface area contributed by atoms with E-state index in [0.717, 1.165) is 27.1 Å². The molecule has 0 fully saturated rings. The van der Waals surface area contributed by atoms with Crippen molar-refractivity contribution in [2.24, 2.45) is 0 Å². The summed E-state index contributed by atoms with van der Waals surface area (Å²) in [5.41, 5.74) is 1.38. The van der Waals surface area contributed by atoms with Crippen molar-refractivity contribution in [1.29, 1.82) is 0 Å². The molecule has 5 nitrogen and oxygen atoms in total. The molecule has 0 radical (unpaired) electrons. The number of aliphatic hydroxyl groups is 1. The van der Waals surface area contributed by atoms with E-state index in [1.165, 1.54) is 0 Å². The SMILES string of the molecule is O=C(NCCO)/C(=C/c1cc2ccccc2c2ccccc12)NC(=O)c1ccccc1. The van der Waals surface area contributed by atoms with E-state index in [1.54, 1.807) is 30.3 Å². The van der Waals surface area contributed by atoms with Crippen molar-refractivity contribution >= 4 is 39.4 Å². The van der Waals surface area contributed by atoms with Crippen molar-refractivity contribution in [3.63, 3.8) is 0 Å². The van der Waals surface area contributed by atoms with Crippen LogP contribution in [0.1, 0.15) is 15.9 Å². The fourth-order valence-corrected chi connectivity index (χ4v) is 3.57. The third kappa shape index (κ3) is 4.47. The minimum atomic E-state index is -0.462. The van der Waals surface area contributed by atoms with Gasteiger partial charge < -0.3 is 15.7 Å². The zero-order valence-corrected chi connectivity index (χ0v) is 16.8. The molecule has 5 heteroatoms. The van der Waals surface area contributed by atoms with E-state index in [4.69, 9.17) is 5.11 Å². The van der Waals surface area contributed by atoms with Crippen LogP contribution in [0, 0.1) is 0 Å². The molecule has 0 aliphatic carbocycles. The van der Waals surface area contributed by atoms with Crippen LogP contribution in [0.2, 0.25) is 0 Å². The summed E-state index contributed by atoms with van der Waals surface area (Å²) in [7, 11) is 0. The highest BCUT2D eigenvalue weighted by Crippen LogP contribution is 2.29. The molecule has 3 N–H and O–H groups in total. The van der Waals surface area contributed by atoms with Crippen LogP contribution in [0.15, 0.2) is 90.6 Å². The van der Waals surface area contributed by atoms with Crippen molar-refractivity contribution < 1.29 is 14.7 Å². The van der Waals surface area contributed by atoms with Crippen molar-refractivity contribution in [2.45, 2.75) is 0 Å². The Morgan fingerprint density at radius 1 is 0.806 bits per heavy atom. The predicted octanol–water partition coefficient (Wildman–Crippen LogP) is 3.87. The van der Waals surface area contributed by atoms with Crippen molar-refractivity contribution in [2.75, 3.05) is 13.2 Å². The molecule has 0 saturated heterocycles. The molecule has 4 aromatic rings. The first-order valence-corrected chi connectivity index (χ1v) is 10.0. The maximum absolute atomic E-state index is 12.8. The molecular weight excluding hydrogens is 388 g/mol. The third-order valence-corrected chi connectivity index (χ3v) is 5.03. The maximum atomic E-state index is 12.8. The van der Waals surface area contributed by atoms with Crippen LogP contribution >= 0.6 is 0 Å². The second-order valence-corrected chi connectivity index (χ2v) is 7.09. The summed E-state index contributed by atoms with van der Waals surface area (Å²) in [5, 5.41) is 18.6. The van der Waals surface area contributed by atoms with Gasteiger partial charge in [-0.2, -0.15) is 0 Å². The highest BCUT2D eigenvalue weighted by atomic mass is 16.3. The van der Waals surface area contributed by atoms with Gasteiger partial charge in [0, 0.05) is 12.1 Å². The lowest BCUT2D eigenvalue weighted by Crippen LogP contribution is -2.36. The largest absolute Gasteiger partial charge is 0.395 e. The molecular formula is C26H22N2O3. The molecule has 0 aliphatic heterocycles. The molecule has 4 aromatic carbocycles. The van der Waals surface area contributed by atoms with E-state index in [1.807, 2.05) is 54.6 Å². The molecule has 0 heterocycles. The normalized spacial score (nSPS) is 11.5. The van der Waals surface area contributed by atoms with Gasteiger partial charge in [-0.05, 0) is 51.4 Å². The molecule has 4 rings (SSSR count). The molecule has 0 spiro atoms. The zero-order chi connectivity index (χ0) is 21.6. The van der Waals surface area contributed by atoms with Gasteiger partial charge in [-0.1, -0.05) is 66.7 Å². The van der Waals surface area contributed by atoms with Crippen LogP contribution in [-0.2, 0) is 4.79 Å². The Bertz CT molecular complexity index is 1280. The fraction of sp³-hybridized carbons (Fsp3) is 0.0769. The van der Waals surface area contributed by atoms with Crippen LogP contribution in [0.3, 0.4) is 0 Å². The molecule has 0 atom stereocenters. The maximum Gasteiger partial charge on any atom is 0.267 e. The van der Waals surface area contributed by atoms with Crippen LogP contribution in [0.5, 0.6) is 0 Å². The lowest BCUT2D eigenvalue weighted by Gasteiger charge is -2.13. The molecule has 0 aliphatic rings. The molecule has 0 aromatic heterocycles. The molecule has 0 bridgehead atoms. The minimum Gasteiger partial charge on any atom is -0.395 e. The first-order valence-electron chi connectivity index (χ1n) is 10.0. The summed E-state index contributed by atoms with van der Waals surface area (Å²) in [5.74, 6) is -0.841. The number of aliphatic hydroxyl groups excluding tert-OH is 1. The fourth-order valence-electron chi connectivity index (χ4n) is 3.57. The number of nitrogens with one attached hydrogen (secondary N) is 2. The lowest BCUT2D eigenvalue weighted by atomic mass is 9.96. The monoisotopic (exact) mass is 410 g/mol. The van der Waals surface area contributed by atoms with Gasteiger partial charge in [-0.15, -0.1) is 0 Å². The molecule has 31 heavy (non-hydrogen) atoms. The Morgan fingerprint density at radius 3 is 2.19 bits per heavy atom. The van der Waals surface area contributed by atoms with Gasteiger partial charge in [0.25, 0.3) is 11.8 Å². The summed E-state index contributed by atoms with van der Waals surface area (Å²) < 4.78 is 0. The van der Waals surface area contributed by atoms with Crippen LogP contribution in [0.25, 0.3) is 27.6 Å². The Hall–Kier alpha value is -3.96. The number of rotatable bonds is 6. The van der Waals surface area contributed by atoms with Gasteiger partial charge in [0.2, 0.25) is 0 Å². The minimum absolute atomic E-state index is 0.0931. The van der Waals surface area contributed by atoms with Crippen molar-refractivity contribution in [1.82, 2.24) is 10.6 Å². The van der Waals surface area contributed by atoms with Crippen molar-refractivity contribution in [3.8, 4) is 0 Å². The topological polar surface area (TPSA) is 78.4 Å². The molecule has 154 valence electrons. The standard InChI is InChI=1S/C26H22N2O3/c29-15-14-27-26(31)24(28-25(30)18-8-2-1-3-9-18)17-20-16-19-10-4-5-11-21(19)23-13-7-6-12-22(20)23/h1-13,16-17,29H,14-15H2,(H,27,31)(H,28,30)/b24-17-. The Balaban J connectivity index is 1.82. The Morgan fingerprint density at radius 2 is 1.45 bits per heavy atom. The number of benzene rings is 4. The number of carbonyl (C=O) groups is 2. The highest BCUT2D eigenvalue weighted by molar-refractivity contribution is 6.12. The Labute approximate surface area is 180 Å². The van der Waals surface area contributed by atoms with E-state index in [9.17, 15) is 9.59 Å². The number of fused-ring (bicyclic) bond motifs is 3. The van der Waals surface area contributed by atoms with E-state index in [-0.39, 0.29) is 24.8 Å². The van der Waals surface area contributed by atoms with Gasteiger partial charge >= 0.3 is 0 Å². The third-order valence-electron chi connectivity index (χ3n) is 5.03. The summed E-state index contributed by atoms with van der Waals surface area (Å²) in [4.78, 5) is 25.5. The average molecular weight is 410 g/mol. The molecule has 0 saturated carbocycles. The summed E-state index contributed by atoms with van der Waals surface area (Å²) in [6.07, 6.45) is 1.68.